The van der Waals surface area contributed by atoms with Crippen molar-refractivity contribution >= 4 is 11.9 Å². The number of amides is 1. The summed E-state index contributed by atoms with van der Waals surface area (Å²) in [7, 11) is 0. The van der Waals surface area contributed by atoms with Crippen LogP contribution in [0, 0.1) is 0 Å². The molecule has 0 aliphatic carbocycles. The van der Waals surface area contributed by atoms with E-state index < -0.39 is 24.6 Å². The molecule has 0 radical (unpaired) electrons. The van der Waals surface area contributed by atoms with Crippen molar-refractivity contribution in [2.45, 2.75) is 12.6 Å². The second kappa shape index (κ2) is 5.38. The number of rotatable bonds is 5. The predicted octanol–water partition coefficient (Wildman–Crippen LogP) is 1.04. The van der Waals surface area contributed by atoms with Crippen molar-refractivity contribution in [1.29, 1.82) is 0 Å². The normalized spacial score (nSPS) is 10.9. The third-order valence-corrected chi connectivity index (χ3v) is 1.46. The first-order chi connectivity index (χ1) is 6.79. The first-order valence-electron chi connectivity index (χ1n) is 3.97. The molecule has 15 heavy (non-hydrogen) atoms. The Kier molecular flexibility index (Phi) is 4.83. The smallest absolute Gasteiger partial charge is 0.471 e. The summed E-state index contributed by atoms with van der Waals surface area (Å²) in [5, 5.41) is 8.31. The fraction of sp³-hybridized carbons (Fsp3) is 0.500. The number of hydrogen-bond donors (Lipinski definition) is 1. The monoisotopic (exact) mass is 225 g/mol. The highest BCUT2D eigenvalue weighted by Crippen LogP contribution is 2.18. The summed E-state index contributed by atoms with van der Waals surface area (Å²) in [6.07, 6.45) is -3.63. The minimum Gasteiger partial charge on any atom is -0.480 e. The molecule has 0 aliphatic rings. The van der Waals surface area contributed by atoms with E-state index >= 15 is 0 Å². The van der Waals surface area contributed by atoms with E-state index in [-0.39, 0.29) is 17.9 Å². The lowest BCUT2D eigenvalue weighted by molar-refractivity contribution is -0.186. The van der Waals surface area contributed by atoms with Crippen molar-refractivity contribution in [1.82, 2.24) is 4.90 Å². The maximum absolute atomic E-state index is 12.0. The highest BCUT2D eigenvalue weighted by molar-refractivity contribution is 5.85. The lowest BCUT2D eigenvalue weighted by Gasteiger charge is -2.20. The Hall–Kier alpha value is -1.53. The molecule has 0 aromatic heterocycles. The van der Waals surface area contributed by atoms with Crippen LogP contribution in [0.15, 0.2) is 12.7 Å². The minimum atomic E-state index is -5.05. The molecular weight excluding hydrogens is 215 g/mol. The molecule has 0 aromatic carbocycles. The van der Waals surface area contributed by atoms with Crippen molar-refractivity contribution in [3.05, 3.63) is 12.7 Å². The minimum absolute atomic E-state index is 0.106. The fourth-order valence-corrected chi connectivity index (χ4v) is 0.842. The van der Waals surface area contributed by atoms with Crippen LogP contribution in [0.2, 0.25) is 0 Å². The summed E-state index contributed by atoms with van der Waals surface area (Å²) >= 11 is 0. The molecule has 0 saturated carbocycles. The second-order valence-corrected chi connectivity index (χ2v) is 2.70. The maximum Gasteiger partial charge on any atom is 0.471 e. The van der Waals surface area contributed by atoms with Crippen LogP contribution in [0.4, 0.5) is 13.2 Å². The fourth-order valence-electron chi connectivity index (χ4n) is 0.842. The zero-order chi connectivity index (χ0) is 12.1. The van der Waals surface area contributed by atoms with Gasteiger partial charge in [0.1, 0.15) is 6.54 Å². The standard InChI is InChI=1S/C8H10F3NO3/c1-2-3-4-12(5-6(13)14)7(15)8(9,10)11/h2H,1,3-5H2,(H,13,14). The highest BCUT2D eigenvalue weighted by atomic mass is 19.4. The van der Waals surface area contributed by atoms with Crippen LogP contribution in [-0.4, -0.2) is 41.1 Å². The summed E-state index contributed by atoms with van der Waals surface area (Å²) < 4.78 is 35.9. The number of halogens is 3. The van der Waals surface area contributed by atoms with Gasteiger partial charge in [0.25, 0.3) is 0 Å². The van der Waals surface area contributed by atoms with Gasteiger partial charge in [-0.1, -0.05) is 6.08 Å². The number of alkyl halides is 3. The van der Waals surface area contributed by atoms with Crippen molar-refractivity contribution < 1.29 is 27.9 Å². The lowest BCUT2D eigenvalue weighted by atomic mass is 10.3. The Morgan fingerprint density at radius 1 is 1.40 bits per heavy atom. The van der Waals surface area contributed by atoms with E-state index in [1.807, 2.05) is 0 Å². The molecule has 86 valence electrons. The molecule has 0 aliphatic heterocycles. The van der Waals surface area contributed by atoms with Gasteiger partial charge in [0.05, 0.1) is 0 Å². The average molecular weight is 225 g/mol. The van der Waals surface area contributed by atoms with E-state index in [9.17, 15) is 22.8 Å². The predicted molar refractivity (Wildman–Crippen MR) is 45.1 cm³/mol. The van der Waals surface area contributed by atoms with Gasteiger partial charge in [-0.15, -0.1) is 6.58 Å². The third-order valence-electron chi connectivity index (χ3n) is 1.46. The van der Waals surface area contributed by atoms with E-state index in [0.29, 0.717) is 0 Å². The molecule has 1 amide bonds. The zero-order valence-electron chi connectivity index (χ0n) is 7.75. The van der Waals surface area contributed by atoms with Crippen LogP contribution in [0.25, 0.3) is 0 Å². The summed E-state index contributed by atoms with van der Waals surface area (Å²) in [5.74, 6) is -3.64. The SMILES string of the molecule is C=CCCN(CC(=O)O)C(=O)C(F)(F)F. The van der Waals surface area contributed by atoms with Crippen LogP contribution >= 0.6 is 0 Å². The average Bonchev–Trinajstić information content (AvgIpc) is 2.09. The van der Waals surface area contributed by atoms with Gasteiger partial charge in [-0.3, -0.25) is 9.59 Å². The number of carboxylic acid groups (broad SMARTS) is 1. The largest absolute Gasteiger partial charge is 0.480 e. The number of carbonyl (C=O) groups is 2. The molecule has 0 aromatic rings. The van der Waals surface area contributed by atoms with Crippen molar-refractivity contribution in [3.63, 3.8) is 0 Å². The van der Waals surface area contributed by atoms with Gasteiger partial charge in [0.2, 0.25) is 0 Å². The molecule has 0 saturated heterocycles. The Labute approximate surface area is 84.0 Å². The number of aliphatic carboxylic acids is 1. The highest BCUT2D eigenvalue weighted by Gasteiger charge is 2.42. The van der Waals surface area contributed by atoms with Gasteiger partial charge in [-0.05, 0) is 6.42 Å². The number of carboxylic acids is 1. The Morgan fingerprint density at radius 2 is 1.93 bits per heavy atom. The van der Waals surface area contributed by atoms with Gasteiger partial charge in [-0.2, -0.15) is 13.2 Å². The number of nitrogens with zero attached hydrogens (tertiary/aromatic N) is 1. The molecule has 0 fully saturated rings. The summed E-state index contributed by atoms with van der Waals surface area (Å²) in [4.78, 5) is 21.2. The van der Waals surface area contributed by atoms with Gasteiger partial charge < -0.3 is 10.0 Å². The van der Waals surface area contributed by atoms with Crippen LogP contribution in [0.5, 0.6) is 0 Å². The van der Waals surface area contributed by atoms with Crippen LogP contribution < -0.4 is 0 Å². The maximum atomic E-state index is 12.0. The van der Waals surface area contributed by atoms with Gasteiger partial charge in [0.15, 0.2) is 0 Å². The summed E-state index contributed by atoms with van der Waals surface area (Å²) in [6, 6.07) is 0. The molecule has 0 unspecified atom stereocenters. The van der Waals surface area contributed by atoms with Crippen molar-refractivity contribution in [2.24, 2.45) is 0 Å². The summed E-state index contributed by atoms with van der Waals surface area (Å²) in [5.41, 5.74) is 0. The molecule has 4 nitrogen and oxygen atoms in total. The van der Waals surface area contributed by atoms with Crippen molar-refractivity contribution in [2.75, 3.05) is 13.1 Å². The topological polar surface area (TPSA) is 57.6 Å². The molecule has 0 rings (SSSR count). The van der Waals surface area contributed by atoms with Crippen LogP contribution in [-0.2, 0) is 9.59 Å². The van der Waals surface area contributed by atoms with Gasteiger partial charge in [-0.25, -0.2) is 0 Å². The van der Waals surface area contributed by atoms with Gasteiger partial charge in [0, 0.05) is 6.54 Å². The first kappa shape index (κ1) is 13.5. The molecule has 0 heterocycles. The van der Waals surface area contributed by atoms with E-state index in [1.54, 1.807) is 0 Å². The lowest BCUT2D eigenvalue weighted by Crippen LogP contribution is -2.44. The number of hydrogen-bond acceptors (Lipinski definition) is 2. The zero-order valence-corrected chi connectivity index (χ0v) is 7.75. The molecule has 0 atom stereocenters. The Bertz CT molecular complexity index is 262. The van der Waals surface area contributed by atoms with Crippen molar-refractivity contribution in [3.8, 4) is 0 Å². The molecule has 0 spiro atoms. The summed E-state index contributed by atoms with van der Waals surface area (Å²) in [6.45, 7) is 1.99. The molecule has 0 bridgehead atoms. The Morgan fingerprint density at radius 3 is 2.27 bits per heavy atom. The first-order valence-corrected chi connectivity index (χ1v) is 3.97. The number of carbonyl (C=O) groups excluding carboxylic acids is 1. The Balaban J connectivity index is 4.54. The molecule has 7 heteroatoms. The van der Waals surface area contributed by atoms with E-state index in [4.69, 9.17) is 5.11 Å². The quantitative estimate of drug-likeness (QED) is 0.711. The van der Waals surface area contributed by atoms with E-state index in [0.717, 1.165) is 0 Å². The van der Waals surface area contributed by atoms with E-state index in [2.05, 4.69) is 6.58 Å². The van der Waals surface area contributed by atoms with Gasteiger partial charge >= 0.3 is 18.1 Å². The molecule has 1 N–H and O–H groups in total. The molecular formula is C8H10F3NO3. The van der Waals surface area contributed by atoms with Crippen LogP contribution in [0.1, 0.15) is 6.42 Å². The van der Waals surface area contributed by atoms with E-state index in [1.165, 1.54) is 6.08 Å². The van der Waals surface area contributed by atoms with Crippen LogP contribution in [0.3, 0.4) is 0 Å². The third kappa shape index (κ3) is 5.04. The second-order valence-electron chi connectivity index (χ2n) is 2.70.